The lowest BCUT2D eigenvalue weighted by Gasteiger charge is -2.13. The average Bonchev–Trinajstić information content (AvgIpc) is 2.38. The maximum absolute atomic E-state index is 11.5. The third kappa shape index (κ3) is 3.15. The number of aliphatic hydroxyl groups is 1. The van der Waals surface area contributed by atoms with E-state index in [1.807, 2.05) is 0 Å². The van der Waals surface area contributed by atoms with E-state index in [1.54, 1.807) is 36.4 Å². The van der Waals surface area contributed by atoms with Crippen molar-refractivity contribution in [2.45, 2.75) is 11.0 Å². The Morgan fingerprint density at radius 3 is 2.42 bits per heavy atom. The molecule has 0 amide bonds. The van der Waals surface area contributed by atoms with Gasteiger partial charge in [0.15, 0.2) is 9.84 Å². The van der Waals surface area contributed by atoms with E-state index in [0.717, 1.165) is 6.26 Å². The highest BCUT2D eigenvalue weighted by molar-refractivity contribution is 7.90. The molecule has 0 saturated carbocycles. The number of benzene rings is 2. The Kier molecular flexibility index (Phi) is 3.94. The summed E-state index contributed by atoms with van der Waals surface area (Å²) in [6.07, 6.45) is 0.184. The van der Waals surface area contributed by atoms with Gasteiger partial charge in [-0.2, -0.15) is 0 Å². The Balaban J connectivity index is 2.46. The van der Waals surface area contributed by atoms with E-state index in [4.69, 9.17) is 11.6 Å². The number of hydrogen-bond donors (Lipinski definition) is 1. The second kappa shape index (κ2) is 5.33. The lowest BCUT2D eigenvalue weighted by atomic mass is 10.0. The van der Waals surface area contributed by atoms with Crippen LogP contribution in [0.3, 0.4) is 0 Å². The second-order valence-corrected chi connectivity index (χ2v) is 6.69. The molecule has 1 atom stereocenters. The van der Waals surface area contributed by atoms with E-state index < -0.39 is 15.9 Å². The summed E-state index contributed by atoms with van der Waals surface area (Å²) in [5.74, 6) is 0. The maximum atomic E-state index is 11.5. The van der Waals surface area contributed by atoms with Crippen LogP contribution in [-0.4, -0.2) is 19.8 Å². The van der Waals surface area contributed by atoms with Crippen molar-refractivity contribution in [3.05, 3.63) is 64.7 Å². The van der Waals surface area contributed by atoms with Gasteiger partial charge in [0.2, 0.25) is 0 Å². The average molecular weight is 297 g/mol. The zero-order valence-corrected chi connectivity index (χ0v) is 11.8. The Morgan fingerprint density at radius 1 is 1.11 bits per heavy atom. The number of rotatable bonds is 3. The van der Waals surface area contributed by atoms with E-state index in [0.29, 0.717) is 16.1 Å². The van der Waals surface area contributed by atoms with Crippen LogP contribution >= 0.6 is 11.6 Å². The Bertz CT molecular complexity index is 695. The molecule has 100 valence electrons. The second-order valence-electron chi connectivity index (χ2n) is 4.27. The lowest BCUT2D eigenvalue weighted by Crippen LogP contribution is -2.03. The third-order valence-electron chi connectivity index (χ3n) is 2.80. The molecule has 0 aliphatic heterocycles. The van der Waals surface area contributed by atoms with E-state index in [-0.39, 0.29) is 4.90 Å². The smallest absolute Gasteiger partial charge is 0.175 e. The van der Waals surface area contributed by atoms with Gasteiger partial charge in [0, 0.05) is 16.8 Å². The first kappa shape index (κ1) is 14.1. The Morgan fingerprint density at radius 2 is 1.79 bits per heavy atom. The number of halogens is 1. The number of hydrogen-bond acceptors (Lipinski definition) is 3. The van der Waals surface area contributed by atoms with E-state index in [9.17, 15) is 13.5 Å². The summed E-state index contributed by atoms with van der Waals surface area (Å²) in [5, 5.41) is 10.7. The van der Waals surface area contributed by atoms with Crippen LogP contribution in [0.25, 0.3) is 0 Å². The molecule has 1 N–H and O–H groups in total. The fraction of sp³-hybridized carbons (Fsp3) is 0.143. The molecule has 0 aliphatic carbocycles. The SMILES string of the molecule is CS(=O)(=O)c1cccc(C(O)c2ccccc2Cl)c1. The molecule has 0 bridgehead atoms. The van der Waals surface area contributed by atoms with Crippen LogP contribution in [0.15, 0.2) is 53.4 Å². The van der Waals surface area contributed by atoms with Crippen molar-refractivity contribution in [1.29, 1.82) is 0 Å². The minimum atomic E-state index is -3.30. The van der Waals surface area contributed by atoms with Gasteiger partial charge >= 0.3 is 0 Å². The highest BCUT2D eigenvalue weighted by Crippen LogP contribution is 2.28. The molecule has 2 rings (SSSR count). The molecule has 0 spiro atoms. The van der Waals surface area contributed by atoms with Crippen LogP contribution < -0.4 is 0 Å². The molecular formula is C14H13ClO3S. The van der Waals surface area contributed by atoms with Gasteiger partial charge in [-0.15, -0.1) is 0 Å². The van der Waals surface area contributed by atoms with E-state index in [2.05, 4.69) is 0 Å². The molecule has 0 heterocycles. The zero-order chi connectivity index (χ0) is 14.0. The molecule has 0 fully saturated rings. The van der Waals surface area contributed by atoms with Gasteiger partial charge in [-0.1, -0.05) is 41.9 Å². The minimum absolute atomic E-state index is 0.177. The van der Waals surface area contributed by atoms with E-state index in [1.165, 1.54) is 12.1 Å². The van der Waals surface area contributed by atoms with Crippen molar-refractivity contribution >= 4 is 21.4 Å². The van der Waals surface area contributed by atoms with Gasteiger partial charge in [-0.05, 0) is 23.8 Å². The highest BCUT2D eigenvalue weighted by Gasteiger charge is 2.15. The monoisotopic (exact) mass is 296 g/mol. The largest absolute Gasteiger partial charge is 0.384 e. The van der Waals surface area contributed by atoms with Crippen LogP contribution in [0, 0.1) is 0 Å². The summed E-state index contributed by atoms with van der Waals surface area (Å²) in [4.78, 5) is 0.177. The predicted octanol–water partition coefficient (Wildman–Crippen LogP) is 2.83. The topological polar surface area (TPSA) is 54.4 Å². The zero-order valence-electron chi connectivity index (χ0n) is 10.2. The number of aliphatic hydroxyl groups excluding tert-OH is 1. The molecule has 0 saturated heterocycles. The van der Waals surface area contributed by atoms with Crippen molar-refractivity contribution in [1.82, 2.24) is 0 Å². The lowest BCUT2D eigenvalue weighted by molar-refractivity contribution is 0.220. The fourth-order valence-electron chi connectivity index (χ4n) is 1.79. The van der Waals surface area contributed by atoms with Crippen molar-refractivity contribution in [3.63, 3.8) is 0 Å². The quantitative estimate of drug-likeness (QED) is 0.947. The number of sulfone groups is 1. The predicted molar refractivity (Wildman–Crippen MR) is 75.1 cm³/mol. The van der Waals surface area contributed by atoms with Gasteiger partial charge in [-0.3, -0.25) is 0 Å². The summed E-state index contributed by atoms with van der Waals surface area (Å²) in [7, 11) is -3.30. The van der Waals surface area contributed by atoms with Crippen molar-refractivity contribution < 1.29 is 13.5 Å². The summed E-state index contributed by atoms with van der Waals surface area (Å²) < 4.78 is 23.0. The summed E-state index contributed by atoms with van der Waals surface area (Å²) in [6.45, 7) is 0. The van der Waals surface area contributed by atoms with Crippen LogP contribution in [0.1, 0.15) is 17.2 Å². The molecule has 5 heteroatoms. The molecular weight excluding hydrogens is 284 g/mol. The molecule has 19 heavy (non-hydrogen) atoms. The molecule has 0 aliphatic rings. The summed E-state index contributed by atoms with van der Waals surface area (Å²) in [6, 6.07) is 13.2. The third-order valence-corrected chi connectivity index (χ3v) is 4.26. The molecule has 2 aromatic carbocycles. The maximum Gasteiger partial charge on any atom is 0.175 e. The van der Waals surface area contributed by atoms with Gasteiger partial charge in [-0.25, -0.2) is 8.42 Å². The summed E-state index contributed by atoms with van der Waals surface area (Å²) >= 11 is 6.02. The summed E-state index contributed by atoms with van der Waals surface area (Å²) in [5.41, 5.74) is 1.05. The molecule has 2 aromatic rings. The molecule has 1 unspecified atom stereocenters. The first-order valence-electron chi connectivity index (χ1n) is 5.62. The molecule has 0 aromatic heterocycles. The minimum Gasteiger partial charge on any atom is -0.384 e. The van der Waals surface area contributed by atoms with E-state index >= 15 is 0 Å². The molecule has 3 nitrogen and oxygen atoms in total. The van der Waals surface area contributed by atoms with Crippen molar-refractivity contribution in [2.24, 2.45) is 0 Å². The van der Waals surface area contributed by atoms with Crippen molar-refractivity contribution in [3.8, 4) is 0 Å². The first-order chi connectivity index (χ1) is 8.89. The van der Waals surface area contributed by atoms with Crippen LogP contribution in [0.2, 0.25) is 5.02 Å². The molecule has 0 radical (unpaired) electrons. The van der Waals surface area contributed by atoms with Crippen LogP contribution in [0.4, 0.5) is 0 Å². The highest BCUT2D eigenvalue weighted by atomic mass is 35.5. The standard InChI is InChI=1S/C14H13ClO3S/c1-19(17,18)11-6-4-5-10(9-11)14(16)12-7-2-3-8-13(12)15/h2-9,14,16H,1H3. The van der Waals surface area contributed by atoms with Gasteiger partial charge in [0.05, 0.1) is 4.90 Å². The Labute approximate surface area is 117 Å². The first-order valence-corrected chi connectivity index (χ1v) is 7.89. The van der Waals surface area contributed by atoms with Crippen molar-refractivity contribution in [2.75, 3.05) is 6.26 Å². The van der Waals surface area contributed by atoms with Crippen LogP contribution in [-0.2, 0) is 9.84 Å². The van der Waals surface area contributed by atoms with Gasteiger partial charge in [0.25, 0.3) is 0 Å². The Hall–Kier alpha value is -1.36. The van der Waals surface area contributed by atoms with Gasteiger partial charge < -0.3 is 5.11 Å². The van der Waals surface area contributed by atoms with Gasteiger partial charge in [0.1, 0.15) is 6.10 Å². The normalized spacial score (nSPS) is 13.2. The van der Waals surface area contributed by atoms with Crippen LogP contribution in [0.5, 0.6) is 0 Å². The fourth-order valence-corrected chi connectivity index (χ4v) is 2.71.